The molecule has 3 heterocycles. The zero-order chi connectivity index (χ0) is 15.9. The van der Waals surface area contributed by atoms with Crippen LogP contribution in [0.2, 0.25) is 0 Å². The van der Waals surface area contributed by atoms with Crippen LogP contribution in [0, 0.1) is 0 Å². The maximum atomic E-state index is 4.54. The van der Waals surface area contributed by atoms with Gasteiger partial charge >= 0.3 is 0 Å². The van der Waals surface area contributed by atoms with Crippen molar-refractivity contribution in [1.29, 1.82) is 0 Å². The van der Waals surface area contributed by atoms with Crippen LogP contribution in [-0.4, -0.2) is 44.3 Å². The number of hydrogen-bond donors (Lipinski definition) is 0. The van der Waals surface area contributed by atoms with Crippen molar-refractivity contribution in [3.8, 4) is 0 Å². The van der Waals surface area contributed by atoms with E-state index in [9.17, 15) is 0 Å². The average Bonchev–Trinajstić information content (AvgIpc) is 2.80. The number of rotatable bonds is 7. The number of aryl methyl sites for hydroxylation is 2. The van der Waals surface area contributed by atoms with Crippen LogP contribution in [-0.2, 0) is 13.0 Å². The van der Waals surface area contributed by atoms with Gasteiger partial charge in [0.2, 0.25) is 0 Å². The Morgan fingerprint density at radius 2 is 1.78 bits per heavy atom. The van der Waals surface area contributed by atoms with Crippen molar-refractivity contribution in [1.82, 2.24) is 24.6 Å². The number of likely N-dealkylation sites (tertiary alicyclic amines) is 1. The van der Waals surface area contributed by atoms with E-state index in [-0.39, 0.29) is 0 Å². The molecule has 0 radical (unpaired) electrons. The molecule has 1 aliphatic heterocycles. The molecular formula is C18H29N5. The molecule has 5 nitrogen and oxygen atoms in total. The molecule has 0 N–H and O–H groups in total. The van der Waals surface area contributed by atoms with Crippen LogP contribution in [0.1, 0.15) is 57.6 Å². The number of fused-ring (bicyclic) bond motifs is 1. The molecule has 1 saturated heterocycles. The SMILES string of the molecule is CCCc1ncnc2c1cnn2CCCCN1CCCCCC1. The molecule has 0 amide bonds. The van der Waals surface area contributed by atoms with Crippen LogP contribution in [0.3, 0.4) is 0 Å². The highest BCUT2D eigenvalue weighted by Gasteiger charge is 2.10. The summed E-state index contributed by atoms with van der Waals surface area (Å²) < 4.78 is 2.05. The summed E-state index contributed by atoms with van der Waals surface area (Å²) in [6, 6.07) is 0. The van der Waals surface area contributed by atoms with Gasteiger partial charge in [0.1, 0.15) is 6.33 Å². The van der Waals surface area contributed by atoms with Crippen molar-refractivity contribution in [2.75, 3.05) is 19.6 Å². The van der Waals surface area contributed by atoms with Gasteiger partial charge in [0.05, 0.1) is 17.3 Å². The van der Waals surface area contributed by atoms with Crippen LogP contribution in [0.4, 0.5) is 0 Å². The van der Waals surface area contributed by atoms with Gasteiger partial charge in [-0.2, -0.15) is 5.10 Å². The summed E-state index contributed by atoms with van der Waals surface area (Å²) in [7, 11) is 0. The first-order valence-corrected chi connectivity index (χ1v) is 9.26. The predicted octanol–water partition coefficient (Wildman–Crippen LogP) is 3.44. The van der Waals surface area contributed by atoms with E-state index in [2.05, 4.69) is 31.6 Å². The largest absolute Gasteiger partial charge is 0.303 e. The van der Waals surface area contributed by atoms with E-state index in [0.29, 0.717) is 0 Å². The molecule has 1 aliphatic rings. The van der Waals surface area contributed by atoms with Gasteiger partial charge in [-0.25, -0.2) is 14.6 Å². The van der Waals surface area contributed by atoms with Gasteiger partial charge in [0.15, 0.2) is 5.65 Å². The molecule has 0 spiro atoms. The maximum Gasteiger partial charge on any atom is 0.161 e. The molecule has 3 rings (SSSR count). The van der Waals surface area contributed by atoms with Crippen molar-refractivity contribution >= 4 is 11.0 Å². The standard InChI is InChI=1S/C18H29N5/c1-2-9-17-16-14-21-23(18(16)20-15-19-17)13-8-7-12-22-10-5-3-4-6-11-22/h14-15H,2-13H2,1H3. The lowest BCUT2D eigenvalue weighted by Crippen LogP contribution is -2.25. The third-order valence-corrected chi connectivity index (χ3v) is 4.80. The Morgan fingerprint density at radius 3 is 2.57 bits per heavy atom. The Bertz CT molecular complexity index is 598. The van der Waals surface area contributed by atoms with Crippen molar-refractivity contribution in [3.05, 3.63) is 18.2 Å². The van der Waals surface area contributed by atoms with E-state index in [1.807, 2.05) is 6.20 Å². The Balaban J connectivity index is 1.52. The van der Waals surface area contributed by atoms with Crippen LogP contribution < -0.4 is 0 Å². The molecule has 2 aromatic heterocycles. The summed E-state index contributed by atoms with van der Waals surface area (Å²) in [5, 5.41) is 5.66. The van der Waals surface area contributed by atoms with Crippen molar-refractivity contribution in [3.63, 3.8) is 0 Å². The van der Waals surface area contributed by atoms with Crippen LogP contribution >= 0.6 is 0 Å². The van der Waals surface area contributed by atoms with Gasteiger partial charge in [-0.1, -0.05) is 26.2 Å². The molecule has 0 aromatic carbocycles. The third-order valence-electron chi connectivity index (χ3n) is 4.80. The molecule has 0 bridgehead atoms. The van der Waals surface area contributed by atoms with Crippen molar-refractivity contribution in [2.45, 2.75) is 64.8 Å². The summed E-state index contributed by atoms with van der Waals surface area (Å²) in [5.41, 5.74) is 2.13. The highest BCUT2D eigenvalue weighted by Crippen LogP contribution is 2.16. The highest BCUT2D eigenvalue weighted by molar-refractivity contribution is 5.76. The van der Waals surface area contributed by atoms with E-state index in [1.165, 1.54) is 58.2 Å². The average molecular weight is 315 g/mol. The molecule has 1 fully saturated rings. The Kier molecular flexibility index (Phi) is 5.97. The smallest absolute Gasteiger partial charge is 0.161 e. The Labute approximate surface area is 139 Å². The summed E-state index contributed by atoms with van der Waals surface area (Å²) >= 11 is 0. The summed E-state index contributed by atoms with van der Waals surface area (Å²) in [5.74, 6) is 0. The second-order valence-electron chi connectivity index (χ2n) is 6.64. The van der Waals surface area contributed by atoms with Crippen molar-refractivity contribution in [2.24, 2.45) is 0 Å². The summed E-state index contributed by atoms with van der Waals surface area (Å²) in [4.78, 5) is 11.5. The zero-order valence-corrected chi connectivity index (χ0v) is 14.4. The minimum absolute atomic E-state index is 0.958. The summed E-state index contributed by atoms with van der Waals surface area (Å²) in [6.45, 7) is 6.95. The first kappa shape index (κ1) is 16.4. The van der Waals surface area contributed by atoms with Crippen LogP contribution in [0.15, 0.2) is 12.5 Å². The predicted molar refractivity (Wildman–Crippen MR) is 93.5 cm³/mol. The molecule has 5 heteroatoms. The van der Waals surface area contributed by atoms with Gasteiger partial charge < -0.3 is 4.90 Å². The molecule has 0 saturated carbocycles. The second-order valence-corrected chi connectivity index (χ2v) is 6.64. The minimum Gasteiger partial charge on any atom is -0.303 e. The van der Waals surface area contributed by atoms with Gasteiger partial charge in [-0.3, -0.25) is 0 Å². The molecular weight excluding hydrogens is 286 g/mol. The van der Waals surface area contributed by atoms with Crippen LogP contribution in [0.5, 0.6) is 0 Å². The normalized spacial score (nSPS) is 16.7. The van der Waals surface area contributed by atoms with Gasteiger partial charge in [-0.15, -0.1) is 0 Å². The molecule has 126 valence electrons. The molecule has 2 aromatic rings. The lowest BCUT2D eigenvalue weighted by Gasteiger charge is -2.19. The molecule has 0 aliphatic carbocycles. The number of unbranched alkanes of at least 4 members (excludes halogenated alkanes) is 1. The minimum atomic E-state index is 0.958. The first-order chi connectivity index (χ1) is 11.4. The molecule has 0 atom stereocenters. The van der Waals surface area contributed by atoms with E-state index >= 15 is 0 Å². The maximum absolute atomic E-state index is 4.54. The third kappa shape index (κ3) is 4.28. The number of aromatic nitrogens is 4. The van der Waals surface area contributed by atoms with Gasteiger partial charge in [0.25, 0.3) is 0 Å². The quantitative estimate of drug-likeness (QED) is 0.734. The van der Waals surface area contributed by atoms with Gasteiger partial charge in [0, 0.05) is 6.54 Å². The topological polar surface area (TPSA) is 46.8 Å². The molecule has 0 unspecified atom stereocenters. The van der Waals surface area contributed by atoms with Gasteiger partial charge in [-0.05, 0) is 51.7 Å². The van der Waals surface area contributed by atoms with E-state index < -0.39 is 0 Å². The number of hydrogen-bond acceptors (Lipinski definition) is 4. The number of nitrogens with zero attached hydrogens (tertiary/aromatic N) is 5. The Hall–Kier alpha value is -1.49. The van der Waals surface area contributed by atoms with Crippen molar-refractivity contribution < 1.29 is 0 Å². The highest BCUT2D eigenvalue weighted by atomic mass is 15.3. The van der Waals surface area contributed by atoms with Crippen LogP contribution in [0.25, 0.3) is 11.0 Å². The fourth-order valence-electron chi connectivity index (χ4n) is 3.50. The fourth-order valence-corrected chi connectivity index (χ4v) is 3.50. The monoisotopic (exact) mass is 315 g/mol. The fraction of sp³-hybridized carbons (Fsp3) is 0.722. The lowest BCUT2D eigenvalue weighted by molar-refractivity contribution is 0.276. The van der Waals surface area contributed by atoms with E-state index in [4.69, 9.17) is 0 Å². The molecule has 23 heavy (non-hydrogen) atoms. The lowest BCUT2D eigenvalue weighted by atomic mass is 10.2. The Morgan fingerprint density at radius 1 is 1.00 bits per heavy atom. The van der Waals surface area contributed by atoms with E-state index in [0.717, 1.165) is 36.1 Å². The second kappa shape index (κ2) is 8.39. The first-order valence-electron chi connectivity index (χ1n) is 9.26. The summed E-state index contributed by atoms with van der Waals surface area (Å²) in [6.07, 6.45) is 13.7. The van der Waals surface area contributed by atoms with E-state index in [1.54, 1.807) is 6.33 Å². The zero-order valence-electron chi connectivity index (χ0n) is 14.4.